The molecule has 0 bridgehead atoms. The largest absolute Gasteiger partial charge is 0.350 e. The lowest BCUT2D eigenvalue weighted by molar-refractivity contribution is -0.135. The summed E-state index contributed by atoms with van der Waals surface area (Å²) in [4.78, 5) is 23.6. The van der Waals surface area contributed by atoms with Crippen LogP contribution in [0.3, 0.4) is 0 Å². The average Bonchev–Trinajstić information content (AvgIpc) is 2.41. The number of likely N-dealkylation sites (tertiary alicyclic amines) is 1. The molecule has 0 aromatic carbocycles. The zero-order chi connectivity index (χ0) is 13.9. The third kappa shape index (κ3) is 3.42. The summed E-state index contributed by atoms with van der Waals surface area (Å²) in [6.07, 6.45) is 3.20. The highest BCUT2D eigenvalue weighted by Crippen LogP contribution is 2.49. The molecule has 108 valence electrons. The number of piperidine rings is 1. The fourth-order valence-corrected chi connectivity index (χ4v) is 3.12. The number of hydrogen-bond donors (Lipinski definition) is 1. The van der Waals surface area contributed by atoms with E-state index >= 15 is 0 Å². The third-order valence-electron chi connectivity index (χ3n) is 4.56. The maximum atomic E-state index is 13.2. The molecule has 19 heavy (non-hydrogen) atoms. The van der Waals surface area contributed by atoms with Crippen LogP contribution in [0.25, 0.3) is 0 Å². The number of carbonyl (C=O) groups excluding carboxylic acids is 2. The van der Waals surface area contributed by atoms with Crippen LogP contribution in [0, 0.1) is 5.41 Å². The molecule has 4 nitrogen and oxygen atoms in total. The number of amides is 2. The molecule has 0 unspecified atom stereocenters. The molecule has 0 radical (unpaired) electrons. The molecule has 2 aliphatic rings. The average molecular weight is 274 g/mol. The molecule has 0 atom stereocenters. The monoisotopic (exact) mass is 274 g/mol. The molecule has 0 aromatic heterocycles. The van der Waals surface area contributed by atoms with Crippen LogP contribution in [-0.4, -0.2) is 42.8 Å². The Hall–Kier alpha value is -1.20. The molecule has 1 saturated carbocycles. The minimum Gasteiger partial charge on any atom is -0.350 e. The lowest BCUT2D eigenvalue weighted by Gasteiger charge is -2.45. The van der Waals surface area contributed by atoms with Gasteiger partial charge in [0.25, 0.3) is 0 Å². The number of nitrogens with zero attached hydrogens (tertiary/aromatic N) is 1. The highest BCUT2D eigenvalue weighted by atomic mass is 19.3. The molecule has 1 heterocycles. The van der Waals surface area contributed by atoms with Crippen LogP contribution in [-0.2, 0) is 9.59 Å². The normalized spacial score (nSPS) is 25.1. The van der Waals surface area contributed by atoms with Gasteiger partial charge in [-0.3, -0.25) is 9.59 Å². The Kier molecular flexibility index (Phi) is 4.06. The van der Waals surface area contributed by atoms with E-state index in [1.54, 1.807) is 4.90 Å². The van der Waals surface area contributed by atoms with E-state index in [1.807, 2.05) is 0 Å². The van der Waals surface area contributed by atoms with Gasteiger partial charge >= 0.3 is 0 Å². The summed E-state index contributed by atoms with van der Waals surface area (Å²) >= 11 is 0. The summed E-state index contributed by atoms with van der Waals surface area (Å²) in [5.74, 6) is -2.59. The summed E-state index contributed by atoms with van der Waals surface area (Å²) in [6, 6.07) is 0. The SMILES string of the molecule is O=CNCC(=O)N1CCC2(CC1)CCC(F)(F)CC2. The Morgan fingerprint density at radius 1 is 1.11 bits per heavy atom. The van der Waals surface area contributed by atoms with E-state index in [-0.39, 0.29) is 30.7 Å². The Balaban J connectivity index is 1.82. The Labute approximate surface area is 111 Å². The molecular weight excluding hydrogens is 254 g/mol. The first-order valence-corrected chi connectivity index (χ1v) is 6.79. The molecule has 1 spiro atoms. The minimum atomic E-state index is -2.49. The smallest absolute Gasteiger partial charge is 0.248 e. The number of halogens is 2. The van der Waals surface area contributed by atoms with Crippen LogP contribution in [0.5, 0.6) is 0 Å². The zero-order valence-electron chi connectivity index (χ0n) is 11.0. The highest BCUT2D eigenvalue weighted by molar-refractivity contribution is 5.80. The number of rotatable bonds is 3. The van der Waals surface area contributed by atoms with Crippen LogP contribution in [0.4, 0.5) is 8.78 Å². The molecule has 6 heteroatoms. The van der Waals surface area contributed by atoms with Gasteiger partial charge in [0.2, 0.25) is 18.2 Å². The van der Waals surface area contributed by atoms with Gasteiger partial charge < -0.3 is 10.2 Å². The molecular formula is C13H20F2N2O2. The van der Waals surface area contributed by atoms with E-state index in [0.717, 1.165) is 12.8 Å². The fraction of sp³-hybridized carbons (Fsp3) is 0.846. The van der Waals surface area contributed by atoms with Crippen molar-refractivity contribution < 1.29 is 18.4 Å². The summed E-state index contributed by atoms with van der Waals surface area (Å²) in [5.41, 5.74) is 0.0105. The van der Waals surface area contributed by atoms with Crippen molar-refractivity contribution in [1.29, 1.82) is 0 Å². The Bertz CT molecular complexity index is 341. The van der Waals surface area contributed by atoms with Crippen LogP contribution in [0.1, 0.15) is 38.5 Å². The van der Waals surface area contributed by atoms with Gasteiger partial charge in [-0.15, -0.1) is 0 Å². The maximum Gasteiger partial charge on any atom is 0.248 e. The van der Waals surface area contributed by atoms with Crippen molar-refractivity contribution in [1.82, 2.24) is 10.2 Å². The van der Waals surface area contributed by atoms with Crippen molar-refractivity contribution in [3.8, 4) is 0 Å². The van der Waals surface area contributed by atoms with Gasteiger partial charge in [-0.05, 0) is 31.1 Å². The molecule has 2 fully saturated rings. The fourth-order valence-electron chi connectivity index (χ4n) is 3.12. The van der Waals surface area contributed by atoms with Gasteiger partial charge in [0.05, 0.1) is 6.54 Å². The van der Waals surface area contributed by atoms with Gasteiger partial charge in [-0.2, -0.15) is 0 Å². The standard InChI is InChI=1S/C13H20F2N2O2/c14-13(15)3-1-12(2-4-13)5-7-17(8-6-12)11(19)9-16-10-18/h10H,1-9H2,(H,16,18). The van der Waals surface area contributed by atoms with Crippen molar-refractivity contribution in [2.75, 3.05) is 19.6 Å². The third-order valence-corrected chi connectivity index (χ3v) is 4.56. The van der Waals surface area contributed by atoms with Gasteiger partial charge in [0.1, 0.15) is 0 Å². The van der Waals surface area contributed by atoms with Crippen molar-refractivity contribution in [3.63, 3.8) is 0 Å². The second kappa shape index (κ2) is 5.43. The van der Waals surface area contributed by atoms with Gasteiger partial charge in [0, 0.05) is 25.9 Å². The molecule has 0 aromatic rings. The predicted molar refractivity (Wildman–Crippen MR) is 65.7 cm³/mol. The quantitative estimate of drug-likeness (QED) is 0.794. The predicted octanol–water partition coefficient (Wildman–Crippen LogP) is 1.55. The van der Waals surface area contributed by atoms with Crippen LogP contribution in [0.2, 0.25) is 0 Å². The molecule has 1 aliphatic heterocycles. The second-order valence-corrected chi connectivity index (χ2v) is 5.74. The number of hydrogen-bond acceptors (Lipinski definition) is 2. The summed E-state index contributed by atoms with van der Waals surface area (Å²) in [5, 5.41) is 2.36. The van der Waals surface area contributed by atoms with Crippen molar-refractivity contribution in [2.24, 2.45) is 5.41 Å². The first-order valence-electron chi connectivity index (χ1n) is 6.79. The van der Waals surface area contributed by atoms with Crippen molar-refractivity contribution in [2.45, 2.75) is 44.4 Å². The first-order chi connectivity index (χ1) is 8.96. The van der Waals surface area contributed by atoms with E-state index in [0.29, 0.717) is 32.3 Å². The van der Waals surface area contributed by atoms with E-state index < -0.39 is 5.92 Å². The summed E-state index contributed by atoms with van der Waals surface area (Å²) < 4.78 is 26.4. The van der Waals surface area contributed by atoms with E-state index in [4.69, 9.17) is 0 Å². The lowest BCUT2D eigenvalue weighted by Crippen LogP contribution is -2.47. The first kappa shape index (κ1) is 14.2. The number of alkyl halides is 2. The van der Waals surface area contributed by atoms with Crippen LogP contribution < -0.4 is 5.32 Å². The lowest BCUT2D eigenvalue weighted by atomic mass is 9.67. The van der Waals surface area contributed by atoms with Crippen molar-refractivity contribution in [3.05, 3.63) is 0 Å². The van der Waals surface area contributed by atoms with E-state index in [2.05, 4.69) is 5.32 Å². The summed E-state index contributed by atoms with van der Waals surface area (Å²) in [7, 11) is 0. The zero-order valence-corrected chi connectivity index (χ0v) is 11.0. The second-order valence-electron chi connectivity index (χ2n) is 5.74. The highest BCUT2D eigenvalue weighted by Gasteiger charge is 2.44. The van der Waals surface area contributed by atoms with Crippen LogP contribution >= 0.6 is 0 Å². The molecule has 1 saturated heterocycles. The number of nitrogens with one attached hydrogen (secondary N) is 1. The summed E-state index contributed by atoms with van der Waals surface area (Å²) in [6.45, 7) is 1.25. The van der Waals surface area contributed by atoms with Crippen LogP contribution in [0.15, 0.2) is 0 Å². The van der Waals surface area contributed by atoms with Gasteiger partial charge in [0.15, 0.2) is 0 Å². The molecule has 1 N–H and O–H groups in total. The maximum absolute atomic E-state index is 13.2. The van der Waals surface area contributed by atoms with Gasteiger partial charge in [-0.1, -0.05) is 0 Å². The molecule has 2 amide bonds. The van der Waals surface area contributed by atoms with E-state index in [1.165, 1.54) is 0 Å². The topological polar surface area (TPSA) is 49.4 Å². The number of carbonyl (C=O) groups is 2. The molecule has 2 rings (SSSR count). The Morgan fingerprint density at radius 2 is 1.68 bits per heavy atom. The van der Waals surface area contributed by atoms with Crippen molar-refractivity contribution >= 4 is 12.3 Å². The Morgan fingerprint density at radius 3 is 2.21 bits per heavy atom. The van der Waals surface area contributed by atoms with E-state index in [9.17, 15) is 18.4 Å². The minimum absolute atomic E-state index is 0.0105. The molecule has 1 aliphatic carbocycles. The van der Waals surface area contributed by atoms with Gasteiger partial charge in [-0.25, -0.2) is 8.78 Å².